The normalized spacial score (nSPS) is 31.9. The number of hydrogen-bond acceptors (Lipinski definition) is 2. The summed E-state index contributed by atoms with van der Waals surface area (Å²) in [5.41, 5.74) is 0.384. The highest BCUT2D eigenvalue weighted by molar-refractivity contribution is 5.86. The fourth-order valence-corrected chi connectivity index (χ4v) is 3.09. The third kappa shape index (κ3) is 2.23. The second-order valence-corrected chi connectivity index (χ2v) is 5.75. The molecule has 96 valence electrons. The highest BCUT2D eigenvalue weighted by Crippen LogP contribution is 2.55. The Morgan fingerprint density at radius 2 is 2.00 bits per heavy atom. The van der Waals surface area contributed by atoms with Crippen molar-refractivity contribution in [1.29, 1.82) is 0 Å². The fourth-order valence-electron chi connectivity index (χ4n) is 3.09. The Bertz CT molecular complexity index is 352. The molecule has 0 saturated heterocycles. The van der Waals surface area contributed by atoms with Crippen LogP contribution in [-0.4, -0.2) is 19.0 Å². The van der Waals surface area contributed by atoms with Crippen molar-refractivity contribution >= 4 is 5.78 Å². The molecule has 0 aliphatic heterocycles. The van der Waals surface area contributed by atoms with Gasteiger partial charge in [-0.15, -0.1) is 0 Å². The molecule has 0 amide bonds. The first kappa shape index (κ1) is 14.2. The molecule has 0 aromatic heterocycles. The topological polar surface area (TPSA) is 26.3 Å². The third-order valence-electron chi connectivity index (χ3n) is 4.16. The van der Waals surface area contributed by atoms with Crippen molar-refractivity contribution in [1.82, 2.24) is 0 Å². The van der Waals surface area contributed by atoms with Crippen LogP contribution >= 0.6 is 0 Å². The molecule has 1 aliphatic carbocycles. The van der Waals surface area contributed by atoms with Crippen molar-refractivity contribution in [3.8, 4) is 0 Å². The van der Waals surface area contributed by atoms with Crippen molar-refractivity contribution in [2.45, 2.75) is 46.6 Å². The summed E-state index contributed by atoms with van der Waals surface area (Å²) in [7, 11) is 1.69. The second kappa shape index (κ2) is 4.77. The van der Waals surface area contributed by atoms with Crippen LogP contribution in [-0.2, 0) is 9.53 Å². The first-order chi connectivity index (χ1) is 7.78. The van der Waals surface area contributed by atoms with Crippen LogP contribution in [0.3, 0.4) is 0 Å². The Morgan fingerprint density at radius 1 is 1.41 bits per heavy atom. The smallest absolute Gasteiger partial charge is 0.142 e. The first-order valence-electron chi connectivity index (χ1n) is 6.16. The molecular weight excluding hydrogens is 212 g/mol. The maximum Gasteiger partial charge on any atom is 0.142 e. The lowest BCUT2D eigenvalue weighted by atomic mass is 9.64. The fraction of sp³-hybridized carbons (Fsp3) is 0.667. The molecule has 0 N–H and O–H groups in total. The van der Waals surface area contributed by atoms with Crippen molar-refractivity contribution in [3.63, 3.8) is 0 Å². The van der Waals surface area contributed by atoms with E-state index in [9.17, 15) is 4.79 Å². The van der Waals surface area contributed by atoms with Gasteiger partial charge in [-0.25, -0.2) is 0 Å². The van der Waals surface area contributed by atoms with E-state index in [1.54, 1.807) is 14.0 Å². The molecule has 0 aromatic carbocycles. The van der Waals surface area contributed by atoms with Gasteiger partial charge in [-0.1, -0.05) is 38.2 Å². The van der Waals surface area contributed by atoms with Gasteiger partial charge in [0.05, 0.1) is 11.5 Å². The lowest BCUT2D eigenvalue weighted by Gasteiger charge is -2.40. The average molecular weight is 236 g/mol. The summed E-state index contributed by atoms with van der Waals surface area (Å²) in [6, 6.07) is 0. The summed E-state index contributed by atoms with van der Waals surface area (Å²) in [6.45, 7) is 11.8. The van der Waals surface area contributed by atoms with Gasteiger partial charge in [-0.3, -0.25) is 4.79 Å². The maximum atomic E-state index is 12.2. The van der Waals surface area contributed by atoms with E-state index in [4.69, 9.17) is 4.74 Å². The standard InChI is InChI=1S/C15H24O2/c1-11(2)7-10-15(12(3)16)13(17-6)8-9-14(15,4)5/h7,10,13H,1,8-9H2,2-6H3/b10-7-/t13-,15+/m1/s1. The number of hydrogen-bond donors (Lipinski definition) is 0. The number of carbonyl (C=O) groups excluding carboxylic acids is 1. The third-order valence-corrected chi connectivity index (χ3v) is 4.16. The van der Waals surface area contributed by atoms with Crippen LogP contribution in [0.15, 0.2) is 24.3 Å². The number of methoxy groups -OCH3 is 1. The van der Waals surface area contributed by atoms with Gasteiger partial charge in [0.15, 0.2) is 0 Å². The Kier molecular flexibility index (Phi) is 3.98. The van der Waals surface area contributed by atoms with Gasteiger partial charge >= 0.3 is 0 Å². The molecule has 1 fully saturated rings. The molecule has 0 aromatic rings. The molecule has 2 atom stereocenters. The summed E-state index contributed by atoms with van der Waals surface area (Å²) < 4.78 is 5.55. The number of allylic oxidation sites excluding steroid dienone is 2. The van der Waals surface area contributed by atoms with Gasteiger partial charge in [-0.05, 0) is 32.1 Å². The molecule has 0 bridgehead atoms. The quantitative estimate of drug-likeness (QED) is 0.698. The van der Waals surface area contributed by atoms with E-state index < -0.39 is 5.41 Å². The average Bonchev–Trinajstić information content (AvgIpc) is 2.47. The molecule has 2 nitrogen and oxygen atoms in total. The number of Topliss-reactive ketones (excluding diaryl/α,β-unsaturated/α-hetero) is 1. The zero-order chi connectivity index (χ0) is 13.3. The SMILES string of the molecule is C=C(C)/C=C\[C@]1(C(C)=O)[C@H](OC)CCC1(C)C. The summed E-state index contributed by atoms with van der Waals surface area (Å²) in [4.78, 5) is 12.2. The molecule has 0 spiro atoms. The summed E-state index contributed by atoms with van der Waals surface area (Å²) >= 11 is 0. The largest absolute Gasteiger partial charge is 0.380 e. The number of ether oxygens (including phenoxy) is 1. The summed E-state index contributed by atoms with van der Waals surface area (Å²) in [5.74, 6) is 0.185. The van der Waals surface area contributed by atoms with E-state index >= 15 is 0 Å². The van der Waals surface area contributed by atoms with Crippen LogP contribution in [0.2, 0.25) is 0 Å². The van der Waals surface area contributed by atoms with Gasteiger partial charge in [0, 0.05) is 7.11 Å². The molecular formula is C15H24O2. The first-order valence-corrected chi connectivity index (χ1v) is 6.16. The van der Waals surface area contributed by atoms with E-state index in [0.717, 1.165) is 18.4 Å². The zero-order valence-corrected chi connectivity index (χ0v) is 11.7. The van der Waals surface area contributed by atoms with Crippen LogP contribution < -0.4 is 0 Å². The number of rotatable bonds is 4. The molecule has 2 heteroatoms. The van der Waals surface area contributed by atoms with E-state index in [-0.39, 0.29) is 17.3 Å². The Hall–Kier alpha value is -0.890. The predicted molar refractivity (Wildman–Crippen MR) is 70.9 cm³/mol. The van der Waals surface area contributed by atoms with Crippen LogP contribution in [0.5, 0.6) is 0 Å². The Labute approximate surface area is 105 Å². The minimum absolute atomic E-state index is 0.0226. The van der Waals surface area contributed by atoms with E-state index in [1.165, 1.54) is 0 Å². The van der Waals surface area contributed by atoms with Gasteiger partial charge in [-0.2, -0.15) is 0 Å². The monoisotopic (exact) mass is 236 g/mol. The minimum Gasteiger partial charge on any atom is -0.380 e. The summed E-state index contributed by atoms with van der Waals surface area (Å²) in [5, 5.41) is 0. The van der Waals surface area contributed by atoms with Gasteiger partial charge in [0.25, 0.3) is 0 Å². The summed E-state index contributed by atoms with van der Waals surface area (Å²) in [6.07, 6.45) is 5.87. The molecule has 0 heterocycles. The van der Waals surface area contributed by atoms with E-state index in [0.29, 0.717) is 0 Å². The van der Waals surface area contributed by atoms with E-state index in [2.05, 4.69) is 20.4 Å². The van der Waals surface area contributed by atoms with Gasteiger partial charge in [0.2, 0.25) is 0 Å². The van der Waals surface area contributed by atoms with E-state index in [1.807, 2.05) is 19.1 Å². The molecule has 1 saturated carbocycles. The molecule has 1 aliphatic rings. The lowest BCUT2D eigenvalue weighted by Crippen LogP contribution is -2.45. The highest BCUT2D eigenvalue weighted by Gasteiger charge is 2.57. The predicted octanol–water partition coefficient (Wildman–Crippen LogP) is 3.53. The molecule has 1 rings (SSSR count). The van der Waals surface area contributed by atoms with Crippen molar-refractivity contribution < 1.29 is 9.53 Å². The molecule has 17 heavy (non-hydrogen) atoms. The van der Waals surface area contributed by atoms with Crippen molar-refractivity contribution in [3.05, 3.63) is 24.3 Å². The van der Waals surface area contributed by atoms with Crippen LogP contribution in [0, 0.1) is 10.8 Å². The number of ketones is 1. The van der Waals surface area contributed by atoms with Gasteiger partial charge < -0.3 is 4.74 Å². The van der Waals surface area contributed by atoms with Crippen molar-refractivity contribution in [2.24, 2.45) is 10.8 Å². The second-order valence-electron chi connectivity index (χ2n) is 5.75. The molecule has 0 radical (unpaired) electrons. The molecule has 0 unspecified atom stereocenters. The minimum atomic E-state index is -0.513. The van der Waals surface area contributed by atoms with Crippen LogP contribution in [0.1, 0.15) is 40.5 Å². The number of carbonyl (C=O) groups is 1. The van der Waals surface area contributed by atoms with Crippen LogP contribution in [0.4, 0.5) is 0 Å². The zero-order valence-electron chi connectivity index (χ0n) is 11.7. The lowest BCUT2D eigenvalue weighted by molar-refractivity contribution is -0.135. The Balaban J connectivity index is 3.28. The van der Waals surface area contributed by atoms with Crippen LogP contribution in [0.25, 0.3) is 0 Å². The highest BCUT2D eigenvalue weighted by atomic mass is 16.5. The van der Waals surface area contributed by atoms with Gasteiger partial charge in [0.1, 0.15) is 5.78 Å². The van der Waals surface area contributed by atoms with Crippen molar-refractivity contribution in [2.75, 3.05) is 7.11 Å². The maximum absolute atomic E-state index is 12.2. The Morgan fingerprint density at radius 3 is 2.41 bits per heavy atom.